The van der Waals surface area contributed by atoms with Crippen molar-refractivity contribution in [3.63, 3.8) is 0 Å². The third-order valence-electron chi connectivity index (χ3n) is 3.03. The Hall–Kier alpha value is -1.44. The van der Waals surface area contributed by atoms with Crippen LogP contribution in [-0.4, -0.2) is 20.5 Å². The molecule has 2 rings (SSSR count). The van der Waals surface area contributed by atoms with E-state index in [4.69, 9.17) is 4.74 Å². The van der Waals surface area contributed by atoms with Gasteiger partial charge in [-0.3, -0.25) is 0 Å². The fraction of sp³-hybridized carbons (Fsp3) is 0.357. The molecule has 5 nitrogen and oxygen atoms in total. The van der Waals surface area contributed by atoms with E-state index in [0.29, 0.717) is 5.75 Å². The molecule has 2 aromatic rings. The van der Waals surface area contributed by atoms with E-state index < -0.39 is 10.0 Å². The molecule has 114 valence electrons. The molecule has 0 aliphatic heterocycles. The Morgan fingerprint density at radius 2 is 2.00 bits per heavy atom. The van der Waals surface area contributed by atoms with Crippen LogP contribution in [0, 0.1) is 20.8 Å². The average molecular weight is 326 g/mol. The minimum absolute atomic E-state index is 0.156. The second-order valence-electron chi connectivity index (χ2n) is 4.72. The van der Waals surface area contributed by atoms with E-state index in [0.717, 1.165) is 21.1 Å². The van der Waals surface area contributed by atoms with Gasteiger partial charge in [0.1, 0.15) is 10.6 Å². The lowest BCUT2D eigenvalue weighted by atomic mass is 10.2. The highest BCUT2D eigenvalue weighted by molar-refractivity contribution is 7.89. The molecule has 0 fully saturated rings. The van der Waals surface area contributed by atoms with Gasteiger partial charge in [0.2, 0.25) is 10.0 Å². The maximum Gasteiger partial charge on any atom is 0.244 e. The topological polar surface area (TPSA) is 68.3 Å². The largest absolute Gasteiger partial charge is 0.495 e. The number of ether oxygens (including phenoxy) is 1. The highest BCUT2D eigenvalue weighted by Gasteiger charge is 2.20. The van der Waals surface area contributed by atoms with Crippen molar-refractivity contribution >= 4 is 21.4 Å². The molecule has 0 spiro atoms. The first-order valence-electron chi connectivity index (χ1n) is 6.40. The molecule has 1 aromatic carbocycles. The summed E-state index contributed by atoms with van der Waals surface area (Å²) in [6.07, 6.45) is 0. The van der Waals surface area contributed by atoms with Gasteiger partial charge in [-0.15, -0.1) is 11.3 Å². The number of nitrogens with zero attached hydrogens (tertiary/aromatic N) is 1. The van der Waals surface area contributed by atoms with Gasteiger partial charge in [-0.05, 0) is 38.5 Å². The molecule has 1 aromatic heterocycles. The molecule has 0 amide bonds. The number of methoxy groups -OCH3 is 1. The van der Waals surface area contributed by atoms with Gasteiger partial charge in [-0.25, -0.2) is 18.1 Å². The number of nitrogens with one attached hydrogen (secondary N) is 1. The van der Waals surface area contributed by atoms with Crippen LogP contribution in [0.3, 0.4) is 0 Å². The molecule has 0 bridgehead atoms. The smallest absolute Gasteiger partial charge is 0.244 e. The minimum Gasteiger partial charge on any atom is -0.495 e. The maximum atomic E-state index is 12.4. The summed E-state index contributed by atoms with van der Waals surface area (Å²) in [4.78, 5) is 5.37. The van der Waals surface area contributed by atoms with Gasteiger partial charge in [-0.2, -0.15) is 0 Å². The zero-order chi connectivity index (χ0) is 15.6. The molecule has 0 aliphatic rings. The molecular formula is C14H18N2O3S2. The van der Waals surface area contributed by atoms with Crippen molar-refractivity contribution < 1.29 is 13.2 Å². The van der Waals surface area contributed by atoms with Gasteiger partial charge in [0.15, 0.2) is 0 Å². The number of aryl methyl sites for hydroxylation is 3. The van der Waals surface area contributed by atoms with Crippen molar-refractivity contribution in [2.75, 3.05) is 7.11 Å². The van der Waals surface area contributed by atoms with Crippen LogP contribution in [0.4, 0.5) is 0 Å². The number of benzene rings is 1. The number of sulfonamides is 1. The Bertz CT molecular complexity index is 752. The first kappa shape index (κ1) is 15.9. The second kappa shape index (κ2) is 6.13. The summed E-state index contributed by atoms with van der Waals surface area (Å²) in [5.41, 5.74) is 1.72. The summed E-state index contributed by atoms with van der Waals surface area (Å²) >= 11 is 1.49. The predicted molar refractivity (Wildman–Crippen MR) is 83.3 cm³/mol. The summed E-state index contributed by atoms with van der Waals surface area (Å²) in [7, 11) is -2.17. The van der Waals surface area contributed by atoms with Crippen LogP contribution >= 0.6 is 11.3 Å². The van der Waals surface area contributed by atoms with Crippen LogP contribution in [0.2, 0.25) is 0 Å². The fourth-order valence-electron chi connectivity index (χ4n) is 1.97. The van der Waals surface area contributed by atoms with Gasteiger partial charge >= 0.3 is 0 Å². The monoisotopic (exact) mass is 326 g/mol. The molecule has 0 saturated carbocycles. The van der Waals surface area contributed by atoms with E-state index in [1.54, 1.807) is 12.1 Å². The Labute approximate surface area is 129 Å². The number of thiazole rings is 1. The molecule has 1 heterocycles. The van der Waals surface area contributed by atoms with Gasteiger partial charge in [0.05, 0.1) is 17.8 Å². The van der Waals surface area contributed by atoms with Crippen molar-refractivity contribution in [2.24, 2.45) is 0 Å². The Kier molecular flexibility index (Phi) is 4.65. The van der Waals surface area contributed by atoms with Crippen molar-refractivity contribution in [3.8, 4) is 5.75 Å². The van der Waals surface area contributed by atoms with Crippen molar-refractivity contribution in [3.05, 3.63) is 39.3 Å². The zero-order valence-electron chi connectivity index (χ0n) is 12.4. The van der Waals surface area contributed by atoms with Crippen molar-refractivity contribution in [2.45, 2.75) is 32.2 Å². The standard InChI is InChI=1S/C14H18N2O3S2/c1-9-5-6-12(19-4)14(7-9)21(17,18)15-8-13-10(2)16-11(3)20-13/h5-7,15H,8H2,1-4H3. The Morgan fingerprint density at radius 3 is 2.57 bits per heavy atom. The molecular weight excluding hydrogens is 308 g/mol. The summed E-state index contributed by atoms with van der Waals surface area (Å²) in [6.45, 7) is 5.85. The molecule has 0 radical (unpaired) electrons. The first-order valence-corrected chi connectivity index (χ1v) is 8.70. The van der Waals surface area contributed by atoms with Crippen molar-refractivity contribution in [1.82, 2.24) is 9.71 Å². The lowest BCUT2D eigenvalue weighted by molar-refractivity contribution is 0.402. The van der Waals surface area contributed by atoms with E-state index in [-0.39, 0.29) is 11.4 Å². The van der Waals surface area contributed by atoms with Crippen LogP contribution < -0.4 is 9.46 Å². The Balaban J connectivity index is 2.26. The second-order valence-corrected chi connectivity index (χ2v) is 7.74. The third kappa shape index (κ3) is 3.61. The molecule has 0 unspecified atom stereocenters. The molecule has 0 atom stereocenters. The van der Waals surface area contributed by atoms with Crippen LogP contribution in [0.1, 0.15) is 21.1 Å². The van der Waals surface area contributed by atoms with E-state index in [1.807, 2.05) is 26.8 Å². The van der Waals surface area contributed by atoms with E-state index in [2.05, 4.69) is 9.71 Å². The summed E-state index contributed by atoms with van der Waals surface area (Å²) in [6, 6.07) is 5.08. The molecule has 1 N–H and O–H groups in total. The van der Waals surface area contributed by atoms with Gasteiger partial charge in [0, 0.05) is 11.4 Å². The van der Waals surface area contributed by atoms with E-state index in [9.17, 15) is 8.42 Å². The van der Waals surface area contributed by atoms with E-state index in [1.165, 1.54) is 18.4 Å². The number of aromatic nitrogens is 1. The first-order chi connectivity index (χ1) is 9.83. The van der Waals surface area contributed by atoms with Crippen molar-refractivity contribution in [1.29, 1.82) is 0 Å². The van der Waals surface area contributed by atoms with E-state index >= 15 is 0 Å². The lowest BCUT2D eigenvalue weighted by Gasteiger charge is -2.11. The lowest BCUT2D eigenvalue weighted by Crippen LogP contribution is -2.23. The van der Waals surface area contributed by atoms with Gasteiger partial charge in [-0.1, -0.05) is 6.07 Å². The van der Waals surface area contributed by atoms with Crippen LogP contribution in [-0.2, 0) is 16.6 Å². The van der Waals surface area contributed by atoms with Crippen LogP contribution in [0.25, 0.3) is 0 Å². The average Bonchev–Trinajstić information content (AvgIpc) is 2.75. The summed E-state index contributed by atoms with van der Waals surface area (Å²) in [5, 5.41) is 0.926. The SMILES string of the molecule is COc1ccc(C)cc1S(=O)(=O)NCc1sc(C)nc1C. The fourth-order valence-corrected chi connectivity index (χ4v) is 4.19. The quantitative estimate of drug-likeness (QED) is 0.917. The highest BCUT2D eigenvalue weighted by Crippen LogP contribution is 2.25. The number of hydrogen-bond donors (Lipinski definition) is 1. The van der Waals surface area contributed by atoms with Gasteiger partial charge < -0.3 is 4.74 Å². The van der Waals surface area contributed by atoms with Crippen LogP contribution in [0.5, 0.6) is 5.75 Å². The predicted octanol–water partition coefficient (Wildman–Crippen LogP) is 2.56. The number of hydrogen-bond acceptors (Lipinski definition) is 5. The summed E-state index contributed by atoms with van der Waals surface area (Å²) < 4.78 is 32.6. The maximum absolute atomic E-state index is 12.4. The highest BCUT2D eigenvalue weighted by atomic mass is 32.2. The van der Waals surface area contributed by atoms with Gasteiger partial charge in [0.25, 0.3) is 0 Å². The molecule has 21 heavy (non-hydrogen) atoms. The Morgan fingerprint density at radius 1 is 1.29 bits per heavy atom. The third-order valence-corrected chi connectivity index (χ3v) is 5.53. The number of rotatable bonds is 5. The van der Waals surface area contributed by atoms with Crippen LogP contribution in [0.15, 0.2) is 23.1 Å². The minimum atomic E-state index is -3.63. The molecule has 0 aliphatic carbocycles. The summed E-state index contributed by atoms with van der Waals surface area (Å²) in [5.74, 6) is 0.338. The zero-order valence-corrected chi connectivity index (χ0v) is 14.1. The molecule has 7 heteroatoms. The normalized spacial score (nSPS) is 11.6. The molecule has 0 saturated heterocycles.